The zero-order valence-corrected chi connectivity index (χ0v) is 14.9. The third-order valence-electron chi connectivity index (χ3n) is 4.85. The lowest BCUT2D eigenvalue weighted by Crippen LogP contribution is -2.30. The summed E-state index contributed by atoms with van der Waals surface area (Å²) >= 11 is 0. The van der Waals surface area contributed by atoms with Gasteiger partial charge in [0.15, 0.2) is 0 Å². The minimum atomic E-state index is -0.193. The number of hydrogen-bond acceptors (Lipinski definition) is 4. The summed E-state index contributed by atoms with van der Waals surface area (Å²) in [4.78, 5) is 19.7. The largest absolute Gasteiger partial charge is 0.497 e. The summed E-state index contributed by atoms with van der Waals surface area (Å²) in [6.45, 7) is 3.37. The lowest BCUT2D eigenvalue weighted by Gasteiger charge is -2.26. The van der Waals surface area contributed by atoms with E-state index in [9.17, 15) is 4.79 Å². The van der Waals surface area contributed by atoms with Crippen molar-refractivity contribution in [1.82, 2.24) is 5.32 Å². The van der Waals surface area contributed by atoms with Crippen molar-refractivity contribution < 1.29 is 9.53 Å². The Labute approximate surface area is 153 Å². The molecule has 0 spiro atoms. The maximum atomic E-state index is 13.3. The summed E-state index contributed by atoms with van der Waals surface area (Å²) in [5.41, 5.74) is 4.45. The molecule has 2 aromatic rings. The van der Waals surface area contributed by atoms with Crippen LogP contribution in [0.5, 0.6) is 5.75 Å². The first kappa shape index (κ1) is 16.4. The van der Waals surface area contributed by atoms with Gasteiger partial charge in [0.1, 0.15) is 11.5 Å². The molecule has 1 saturated heterocycles. The van der Waals surface area contributed by atoms with Gasteiger partial charge in [-0.25, -0.2) is 0 Å². The fraction of sp³-hybridized carbons (Fsp3) is 0.238. The van der Waals surface area contributed by atoms with Crippen molar-refractivity contribution in [2.45, 2.75) is 13.0 Å². The topological polar surface area (TPSA) is 53.9 Å². The van der Waals surface area contributed by atoms with Gasteiger partial charge < -0.3 is 10.1 Å². The number of amides is 1. The van der Waals surface area contributed by atoms with E-state index in [1.54, 1.807) is 7.11 Å². The van der Waals surface area contributed by atoms with Crippen molar-refractivity contribution in [3.63, 3.8) is 0 Å². The van der Waals surface area contributed by atoms with Crippen LogP contribution in [0.1, 0.15) is 18.5 Å². The number of anilines is 1. The van der Waals surface area contributed by atoms with Crippen LogP contribution in [0.25, 0.3) is 0 Å². The second kappa shape index (κ2) is 6.67. The highest BCUT2D eigenvalue weighted by atomic mass is 16.5. The Kier molecular flexibility index (Phi) is 4.21. The normalized spacial score (nSPS) is 19.6. The van der Waals surface area contributed by atoms with Crippen molar-refractivity contribution in [1.29, 1.82) is 0 Å². The van der Waals surface area contributed by atoms with Crippen LogP contribution in [0.3, 0.4) is 0 Å². The molecule has 2 aliphatic rings. The zero-order chi connectivity index (χ0) is 18.1. The van der Waals surface area contributed by atoms with E-state index in [2.05, 4.69) is 22.4 Å². The van der Waals surface area contributed by atoms with E-state index >= 15 is 0 Å². The Balaban J connectivity index is 1.89. The number of carbonyl (C=O) groups excluding carboxylic acids is 1. The van der Waals surface area contributed by atoms with Crippen molar-refractivity contribution >= 4 is 17.3 Å². The van der Waals surface area contributed by atoms with Gasteiger partial charge in [-0.1, -0.05) is 30.3 Å². The maximum Gasteiger partial charge on any atom is 0.277 e. The van der Waals surface area contributed by atoms with Crippen LogP contribution in [0.2, 0.25) is 0 Å². The van der Waals surface area contributed by atoms with Gasteiger partial charge in [-0.2, -0.15) is 0 Å². The first-order chi connectivity index (χ1) is 12.7. The summed E-state index contributed by atoms with van der Waals surface area (Å²) < 4.78 is 5.25. The number of nitrogens with one attached hydrogen (secondary N) is 1. The minimum absolute atomic E-state index is 0.0536. The lowest BCUT2D eigenvalue weighted by atomic mass is 9.96. The van der Waals surface area contributed by atoms with E-state index in [1.807, 2.05) is 54.3 Å². The molecule has 1 N–H and O–H groups in total. The second-order valence-electron chi connectivity index (χ2n) is 6.38. The standard InChI is InChI=1S/C21H21N3O2/c1-14-18-19(23-13-12-22-14)21(25)24(16-8-10-17(26-2)11-9-16)20(18)15-6-4-3-5-7-15/h3-11,20,22H,12-13H2,1-2H3. The monoisotopic (exact) mass is 347 g/mol. The van der Waals surface area contributed by atoms with Gasteiger partial charge in [-0.05, 0) is 36.8 Å². The summed E-state index contributed by atoms with van der Waals surface area (Å²) in [5.74, 6) is 0.711. The quantitative estimate of drug-likeness (QED) is 0.928. The first-order valence-electron chi connectivity index (χ1n) is 8.72. The summed E-state index contributed by atoms with van der Waals surface area (Å²) in [7, 11) is 1.63. The number of benzene rings is 2. The molecule has 1 unspecified atom stereocenters. The van der Waals surface area contributed by atoms with Gasteiger partial charge in [-0.15, -0.1) is 0 Å². The average Bonchev–Trinajstić information content (AvgIpc) is 2.84. The van der Waals surface area contributed by atoms with Crippen LogP contribution >= 0.6 is 0 Å². The molecule has 4 rings (SSSR count). The molecular formula is C21H21N3O2. The van der Waals surface area contributed by atoms with E-state index in [0.29, 0.717) is 12.3 Å². The van der Waals surface area contributed by atoms with E-state index in [-0.39, 0.29) is 11.9 Å². The molecule has 1 fully saturated rings. The van der Waals surface area contributed by atoms with E-state index < -0.39 is 0 Å². The predicted molar refractivity (Wildman–Crippen MR) is 103 cm³/mol. The number of aliphatic imine (C=N–C) groups is 1. The molecule has 2 heterocycles. The molecule has 0 bridgehead atoms. The molecule has 132 valence electrons. The molecule has 1 atom stereocenters. The predicted octanol–water partition coefficient (Wildman–Crippen LogP) is 3.10. The highest BCUT2D eigenvalue weighted by molar-refractivity contribution is 6.53. The molecule has 0 aromatic heterocycles. The van der Waals surface area contributed by atoms with E-state index in [1.165, 1.54) is 0 Å². The molecule has 26 heavy (non-hydrogen) atoms. The number of hydrogen-bond donors (Lipinski definition) is 1. The highest BCUT2D eigenvalue weighted by Gasteiger charge is 2.44. The Morgan fingerprint density at radius 1 is 1.12 bits per heavy atom. The van der Waals surface area contributed by atoms with Gasteiger partial charge in [0.25, 0.3) is 5.91 Å². The Morgan fingerprint density at radius 2 is 1.85 bits per heavy atom. The van der Waals surface area contributed by atoms with Crippen LogP contribution in [-0.2, 0) is 4.79 Å². The number of fused-ring (bicyclic) bond motifs is 1. The fourth-order valence-corrected chi connectivity index (χ4v) is 3.61. The lowest BCUT2D eigenvalue weighted by molar-refractivity contribution is -0.112. The van der Waals surface area contributed by atoms with Gasteiger partial charge in [0, 0.05) is 23.5 Å². The van der Waals surface area contributed by atoms with Crippen molar-refractivity contribution in [3.8, 4) is 5.75 Å². The average molecular weight is 347 g/mol. The molecule has 2 aromatic carbocycles. The van der Waals surface area contributed by atoms with Crippen molar-refractivity contribution in [3.05, 3.63) is 71.4 Å². The molecule has 1 amide bonds. The summed E-state index contributed by atoms with van der Waals surface area (Å²) in [6, 6.07) is 17.5. The highest BCUT2D eigenvalue weighted by Crippen LogP contribution is 2.41. The smallest absolute Gasteiger partial charge is 0.277 e. The summed E-state index contributed by atoms with van der Waals surface area (Å²) in [6.07, 6.45) is 0. The number of methoxy groups -OCH3 is 1. The van der Waals surface area contributed by atoms with Crippen LogP contribution in [0.15, 0.2) is 70.9 Å². The van der Waals surface area contributed by atoms with E-state index in [0.717, 1.165) is 34.8 Å². The molecular weight excluding hydrogens is 326 g/mol. The molecule has 5 nitrogen and oxygen atoms in total. The first-order valence-corrected chi connectivity index (χ1v) is 8.72. The van der Waals surface area contributed by atoms with Crippen LogP contribution in [-0.4, -0.2) is 31.8 Å². The SMILES string of the molecule is COc1ccc(N2C(=O)C3=NCCNC(C)=C3C2c2ccccc2)cc1. The molecule has 2 aliphatic heterocycles. The van der Waals surface area contributed by atoms with Gasteiger partial charge in [0.05, 0.1) is 19.7 Å². The van der Waals surface area contributed by atoms with Crippen LogP contribution in [0, 0.1) is 0 Å². The number of nitrogens with zero attached hydrogens (tertiary/aromatic N) is 2. The number of rotatable bonds is 3. The van der Waals surface area contributed by atoms with Crippen LogP contribution in [0.4, 0.5) is 5.69 Å². The molecule has 0 saturated carbocycles. The van der Waals surface area contributed by atoms with Gasteiger partial charge in [0.2, 0.25) is 0 Å². The zero-order valence-electron chi connectivity index (χ0n) is 14.9. The van der Waals surface area contributed by atoms with E-state index in [4.69, 9.17) is 4.74 Å². The van der Waals surface area contributed by atoms with Gasteiger partial charge in [-0.3, -0.25) is 14.7 Å². The maximum absolute atomic E-state index is 13.3. The molecule has 0 aliphatic carbocycles. The van der Waals surface area contributed by atoms with Crippen molar-refractivity contribution in [2.75, 3.05) is 25.1 Å². The third kappa shape index (κ3) is 2.65. The van der Waals surface area contributed by atoms with Gasteiger partial charge >= 0.3 is 0 Å². The molecule has 0 radical (unpaired) electrons. The van der Waals surface area contributed by atoms with Crippen LogP contribution < -0.4 is 15.0 Å². The fourth-order valence-electron chi connectivity index (χ4n) is 3.61. The second-order valence-corrected chi connectivity index (χ2v) is 6.38. The number of carbonyl (C=O) groups is 1. The number of ether oxygens (including phenoxy) is 1. The Morgan fingerprint density at radius 3 is 2.54 bits per heavy atom. The number of allylic oxidation sites excluding steroid dienone is 1. The third-order valence-corrected chi connectivity index (χ3v) is 4.85. The summed E-state index contributed by atoms with van der Waals surface area (Å²) in [5, 5.41) is 3.39. The minimum Gasteiger partial charge on any atom is -0.497 e. The van der Waals surface area contributed by atoms with Crippen molar-refractivity contribution in [2.24, 2.45) is 4.99 Å². The molecule has 5 heteroatoms. The Hall–Kier alpha value is -3.08. The Bertz CT molecular complexity index is 885.